The zero-order valence-corrected chi connectivity index (χ0v) is 12.4. The van der Waals surface area contributed by atoms with E-state index in [4.69, 9.17) is 4.74 Å². The fourth-order valence-corrected chi connectivity index (χ4v) is 2.31. The minimum absolute atomic E-state index is 0.0276. The molecule has 0 saturated carbocycles. The second-order valence-corrected chi connectivity index (χ2v) is 5.61. The molecule has 0 bridgehead atoms. The number of ether oxygens (including phenoxy) is 1. The Labute approximate surface area is 127 Å². The number of halogens is 2. The number of carbonyl (C=O) groups excluding carboxylic acids is 1. The van der Waals surface area contributed by atoms with E-state index in [0.717, 1.165) is 31.5 Å². The molecule has 1 fully saturated rings. The Morgan fingerprint density at radius 3 is 2.91 bits per heavy atom. The molecule has 0 spiro atoms. The molecule has 0 aliphatic carbocycles. The molecule has 122 valence electrons. The van der Waals surface area contributed by atoms with Crippen molar-refractivity contribution in [1.82, 2.24) is 10.6 Å². The van der Waals surface area contributed by atoms with Gasteiger partial charge in [0.15, 0.2) is 11.6 Å². The first-order chi connectivity index (χ1) is 10.4. The Hall–Kier alpha value is -1.73. The number of benzene rings is 1. The highest BCUT2D eigenvalue weighted by Gasteiger charge is 2.35. The highest BCUT2D eigenvalue weighted by atomic mass is 19.2. The Morgan fingerprint density at radius 1 is 1.50 bits per heavy atom. The average molecular weight is 314 g/mol. The molecular formula is C15H20F2N2O3. The molecule has 22 heavy (non-hydrogen) atoms. The van der Waals surface area contributed by atoms with Crippen molar-refractivity contribution in [1.29, 1.82) is 0 Å². The van der Waals surface area contributed by atoms with Gasteiger partial charge in [0.25, 0.3) is 0 Å². The van der Waals surface area contributed by atoms with E-state index in [-0.39, 0.29) is 24.8 Å². The summed E-state index contributed by atoms with van der Waals surface area (Å²) in [6, 6.07) is 3.13. The smallest absolute Gasteiger partial charge is 0.240 e. The van der Waals surface area contributed by atoms with Gasteiger partial charge in [-0.25, -0.2) is 8.78 Å². The van der Waals surface area contributed by atoms with Crippen molar-refractivity contribution in [3.63, 3.8) is 0 Å². The molecule has 1 aromatic carbocycles. The Morgan fingerprint density at radius 2 is 2.27 bits per heavy atom. The molecule has 1 amide bonds. The van der Waals surface area contributed by atoms with Gasteiger partial charge in [-0.2, -0.15) is 0 Å². The number of aliphatic hydroxyl groups excluding tert-OH is 1. The van der Waals surface area contributed by atoms with Crippen LogP contribution in [0.5, 0.6) is 5.75 Å². The summed E-state index contributed by atoms with van der Waals surface area (Å²) >= 11 is 0. The van der Waals surface area contributed by atoms with Crippen molar-refractivity contribution in [2.24, 2.45) is 0 Å². The minimum atomic E-state index is -1.01. The molecule has 1 heterocycles. The highest BCUT2D eigenvalue weighted by molar-refractivity contribution is 5.86. The minimum Gasteiger partial charge on any atom is -0.491 e. The number of hydrogen-bond donors (Lipinski definition) is 3. The number of nitrogens with one attached hydrogen (secondary N) is 2. The normalized spacial score (nSPS) is 22.4. The summed E-state index contributed by atoms with van der Waals surface area (Å²) in [5, 5.41) is 15.6. The average Bonchev–Trinajstić information content (AvgIpc) is 2.94. The lowest BCUT2D eigenvalue weighted by Gasteiger charge is -2.24. The topological polar surface area (TPSA) is 70.6 Å². The Bertz CT molecular complexity index is 534. The second-order valence-electron chi connectivity index (χ2n) is 5.61. The number of amides is 1. The van der Waals surface area contributed by atoms with Gasteiger partial charge in [-0.05, 0) is 38.4 Å². The van der Waals surface area contributed by atoms with Crippen LogP contribution < -0.4 is 15.4 Å². The predicted octanol–water partition coefficient (Wildman–Crippen LogP) is 0.963. The van der Waals surface area contributed by atoms with Crippen LogP contribution in [0.15, 0.2) is 18.2 Å². The predicted molar refractivity (Wildman–Crippen MR) is 76.5 cm³/mol. The van der Waals surface area contributed by atoms with Crippen LogP contribution in [0.4, 0.5) is 8.78 Å². The molecule has 5 nitrogen and oxygen atoms in total. The van der Waals surface area contributed by atoms with Gasteiger partial charge in [0.05, 0.1) is 5.54 Å². The summed E-state index contributed by atoms with van der Waals surface area (Å²) in [6.07, 6.45) is 0.744. The molecule has 1 saturated heterocycles. The molecule has 7 heteroatoms. The number of aliphatic hydroxyl groups is 1. The van der Waals surface area contributed by atoms with E-state index in [1.807, 2.05) is 6.92 Å². The number of rotatable bonds is 6. The van der Waals surface area contributed by atoms with Crippen molar-refractivity contribution in [3.8, 4) is 5.75 Å². The van der Waals surface area contributed by atoms with Crippen LogP contribution >= 0.6 is 0 Å². The van der Waals surface area contributed by atoms with Crippen molar-refractivity contribution in [2.75, 3.05) is 19.7 Å². The maximum absolute atomic E-state index is 13.0. The highest BCUT2D eigenvalue weighted by Crippen LogP contribution is 2.18. The van der Waals surface area contributed by atoms with Gasteiger partial charge in [0.2, 0.25) is 5.91 Å². The molecule has 0 aromatic heterocycles. The quantitative estimate of drug-likeness (QED) is 0.731. The van der Waals surface area contributed by atoms with Gasteiger partial charge in [0.1, 0.15) is 18.5 Å². The van der Waals surface area contributed by atoms with Crippen LogP contribution in [0.1, 0.15) is 19.8 Å². The summed E-state index contributed by atoms with van der Waals surface area (Å²) in [4.78, 5) is 12.0. The molecule has 3 N–H and O–H groups in total. The second kappa shape index (κ2) is 7.02. The molecule has 2 unspecified atom stereocenters. The van der Waals surface area contributed by atoms with E-state index in [9.17, 15) is 18.7 Å². The molecular weight excluding hydrogens is 294 g/mol. The first-order valence-corrected chi connectivity index (χ1v) is 7.20. The largest absolute Gasteiger partial charge is 0.491 e. The summed E-state index contributed by atoms with van der Waals surface area (Å²) < 4.78 is 30.9. The summed E-state index contributed by atoms with van der Waals surface area (Å²) in [5.41, 5.74) is -0.597. The van der Waals surface area contributed by atoms with E-state index in [0.29, 0.717) is 0 Å². The van der Waals surface area contributed by atoms with Crippen molar-refractivity contribution in [2.45, 2.75) is 31.4 Å². The third kappa shape index (κ3) is 4.14. The maximum atomic E-state index is 13.0. The maximum Gasteiger partial charge on any atom is 0.240 e. The number of carbonyl (C=O) groups is 1. The summed E-state index contributed by atoms with van der Waals surface area (Å²) in [6.45, 7) is 2.51. The van der Waals surface area contributed by atoms with E-state index in [1.165, 1.54) is 6.07 Å². The Balaban J connectivity index is 1.74. The van der Waals surface area contributed by atoms with E-state index < -0.39 is 23.3 Å². The van der Waals surface area contributed by atoms with Crippen LogP contribution in [0.25, 0.3) is 0 Å². The SMILES string of the molecule is CC1(C(=O)NCC(O)COc2ccc(F)c(F)c2)CCCN1. The van der Waals surface area contributed by atoms with Crippen molar-refractivity contribution < 1.29 is 23.4 Å². The van der Waals surface area contributed by atoms with Gasteiger partial charge < -0.3 is 20.5 Å². The van der Waals surface area contributed by atoms with Crippen LogP contribution in [-0.4, -0.2) is 42.4 Å². The van der Waals surface area contributed by atoms with Gasteiger partial charge in [-0.1, -0.05) is 0 Å². The lowest BCUT2D eigenvalue weighted by atomic mass is 9.99. The van der Waals surface area contributed by atoms with Gasteiger partial charge in [-0.3, -0.25) is 4.79 Å². The van der Waals surface area contributed by atoms with Gasteiger partial charge in [0, 0.05) is 12.6 Å². The van der Waals surface area contributed by atoms with E-state index >= 15 is 0 Å². The molecule has 1 aromatic rings. The van der Waals surface area contributed by atoms with Crippen molar-refractivity contribution >= 4 is 5.91 Å². The fourth-order valence-electron chi connectivity index (χ4n) is 2.31. The van der Waals surface area contributed by atoms with Crippen LogP contribution in [0.2, 0.25) is 0 Å². The third-order valence-electron chi connectivity index (χ3n) is 3.70. The zero-order chi connectivity index (χ0) is 16.2. The Kier molecular flexibility index (Phi) is 5.31. The first kappa shape index (κ1) is 16.6. The fraction of sp³-hybridized carbons (Fsp3) is 0.533. The van der Waals surface area contributed by atoms with Crippen LogP contribution in [-0.2, 0) is 4.79 Å². The first-order valence-electron chi connectivity index (χ1n) is 7.20. The molecule has 1 aliphatic rings. The number of hydrogen-bond acceptors (Lipinski definition) is 4. The third-order valence-corrected chi connectivity index (χ3v) is 3.70. The van der Waals surface area contributed by atoms with Crippen LogP contribution in [0, 0.1) is 11.6 Å². The van der Waals surface area contributed by atoms with Gasteiger partial charge in [-0.15, -0.1) is 0 Å². The molecule has 2 atom stereocenters. The monoisotopic (exact) mass is 314 g/mol. The molecule has 2 rings (SSSR count). The lowest BCUT2D eigenvalue weighted by Crippen LogP contribution is -2.52. The summed E-state index contributed by atoms with van der Waals surface area (Å²) in [7, 11) is 0. The lowest BCUT2D eigenvalue weighted by molar-refractivity contribution is -0.127. The molecule has 0 radical (unpaired) electrons. The van der Waals surface area contributed by atoms with Crippen LogP contribution in [0.3, 0.4) is 0 Å². The van der Waals surface area contributed by atoms with Crippen molar-refractivity contribution in [3.05, 3.63) is 29.8 Å². The van der Waals surface area contributed by atoms with E-state index in [1.54, 1.807) is 0 Å². The zero-order valence-electron chi connectivity index (χ0n) is 12.4. The summed E-state index contributed by atoms with van der Waals surface area (Å²) in [5.74, 6) is -2.02. The van der Waals surface area contributed by atoms with E-state index in [2.05, 4.69) is 10.6 Å². The molecule has 1 aliphatic heterocycles. The van der Waals surface area contributed by atoms with Gasteiger partial charge >= 0.3 is 0 Å². The standard InChI is InChI=1S/C15H20F2N2O3/c1-15(5-2-6-19-15)14(21)18-8-10(20)9-22-11-3-4-12(16)13(17)7-11/h3-4,7,10,19-20H,2,5-6,8-9H2,1H3,(H,18,21).